The Morgan fingerprint density at radius 3 is 2.81 bits per heavy atom. The normalized spacial score (nSPS) is 13.0. The monoisotopic (exact) mass is 350 g/mol. The Balaban J connectivity index is 1.87. The molecule has 0 unspecified atom stereocenters. The van der Waals surface area contributed by atoms with Crippen molar-refractivity contribution in [1.29, 1.82) is 0 Å². The third-order valence-corrected chi connectivity index (χ3v) is 3.82. The van der Waals surface area contributed by atoms with E-state index >= 15 is 0 Å². The minimum absolute atomic E-state index is 0.0872. The average molecular weight is 351 g/mol. The number of hydrogen-bond donors (Lipinski definition) is 0. The second kappa shape index (κ2) is 5.85. The molecule has 0 saturated carbocycles. The van der Waals surface area contributed by atoms with Gasteiger partial charge in [-0.15, -0.1) is 0 Å². The molecule has 2 aromatic carbocycles. The summed E-state index contributed by atoms with van der Waals surface area (Å²) in [5, 5.41) is 0. The molecule has 1 aliphatic rings. The van der Waals surface area contributed by atoms with E-state index in [0.717, 1.165) is 5.56 Å². The number of halogens is 2. The van der Waals surface area contributed by atoms with Crippen LogP contribution in [0.25, 0.3) is 0 Å². The number of para-hydroxylation sites is 1. The number of carbonyl (C=O) groups excluding carboxylic acids is 1. The molecule has 2 aromatic rings. The summed E-state index contributed by atoms with van der Waals surface area (Å²) in [5.74, 6) is 0.651. The van der Waals surface area contributed by atoms with Crippen LogP contribution >= 0.6 is 15.9 Å². The first kappa shape index (κ1) is 14.1. The standard InChI is InChI=1S/C16H12BrFO3/c17-12-8-10(4-5-13(12)18)9-14(19)11-2-1-3-15-16(11)21-7-6-20-15/h1-5,8H,6-7,9H2. The van der Waals surface area contributed by atoms with Crippen LogP contribution in [0.2, 0.25) is 0 Å². The van der Waals surface area contributed by atoms with Gasteiger partial charge in [0.2, 0.25) is 0 Å². The zero-order valence-corrected chi connectivity index (χ0v) is 12.7. The van der Waals surface area contributed by atoms with Crippen molar-refractivity contribution in [2.45, 2.75) is 6.42 Å². The highest BCUT2D eigenvalue weighted by molar-refractivity contribution is 9.10. The summed E-state index contributed by atoms with van der Waals surface area (Å²) in [6, 6.07) is 9.81. The third-order valence-electron chi connectivity index (χ3n) is 3.22. The van der Waals surface area contributed by atoms with E-state index < -0.39 is 0 Å². The molecule has 108 valence electrons. The quantitative estimate of drug-likeness (QED) is 0.790. The van der Waals surface area contributed by atoms with Crippen molar-refractivity contribution in [2.75, 3.05) is 13.2 Å². The fraction of sp³-hybridized carbons (Fsp3) is 0.188. The Hall–Kier alpha value is -1.88. The minimum Gasteiger partial charge on any atom is -0.486 e. The number of benzene rings is 2. The van der Waals surface area contributed by atoms with Gasteiger partial charge in [0.1, 0.15) is 19.0 Å². The van der Waals surface area contributed by atoms with E-state index in [2.05, 4.69) is 15.9 Å². The maximum absolute atomic E-state index is 13.2. The Morgan fingerprint density at radius 1 is 1.19 bits per heavy atom. The fourth-order valence-corrected chi connectivity index (χ4v) is 2.65. The van der Waals surface area contributed by atoms with Crippen LogP contribution in [0.15, 0.2) is 40.9 Å². The molecule has 0 spiro atoms. The lowest BCUT2D eigenvalue weighted by molar-refractivity contribution is 0.0981. The Morgan fingerprint density at radius 2 is 2.00 bits per heavy atom. The molecule has 0 N–H and O–H groups in total. The summed E-state index contributed by atoms with van der Waals surface area (Å²) in [5.41, 5.74) is 1.23. The maximum Gasteiger partial charge on any atom is 0.172 e. The molecule has 0 aromatic heterocycles. The predicted molar refractivity (Wildman–Crippen MR) is 79.6 cm³/mol. The molecule has 5 heteroatoms. The van der Waals surface area contributed by atoms with Crippen LogP contribution in [0.4, 0.5) is 4.39 Å². The van der Waals surface area contributed by atoms with Crippen molar-refractivity contribution in [3.05, 3.63) is 57.8 Å². The van der Waals surface area contributed by atoms with Gasteiger partial charge in [-0.3, -0.25) is 4.79 Å². The SMILES string of the molecule is O=C(Cc1ccc(F)c(Br)c1)c1cccc2c1OCCO2. The van der Waals surface area contributed by atoms with Crippen molar-refractivity contribution in [1.82, 2.24) is 0 Å². The van der Waals surface area contributed by atoms with E-state index in [-0.39, 0.29) is 18.0 Å². The van der Waals surface area contributed by atoms with Crippen molar-refractivity contribution >= 4 is 21.7 Å². The van der Waals surface area contributed by atoms with Gasteiger partial charge >= 0.3 is 0 Å². The summed E-state index contributed by atoms with van der Waals surface area (Å²) >= 11 is 3.12. The number of rotatable bonds is 3. The molecule has 3 rings (SSSR count). The number of ketones is 1. The van der Waals surface area contributed by atoms with Gasteiger partial charge in [0.15, 0.2) is 17.3 Å². The Bertz CT molecular complexity index is 700. The number of hydrogen-bond acceptors (Lipinski definition) is 3. The summed E-state index contributed by atoms with van der Waals surface area (Å²) in [6.45, 7) is 0.912. The van der Waals surface area contributed by atoms with Crippen LogP contribution in [0.3, 0.4) is 0 Å². The number of fused-ring (bicyclic) bond motifs is 1. The highest BCUT2D eigenvalue weighted by Gasteiger charge is 2.20. The van der Waals surface area contributed by atoms with E-state index in [1.54, 1.807) is 30.3 Å². The zero-order valence-electron chi connectivity index (χ0n) is 11.1. The predicted octanol–water partition coefficient (Wildman–Crippen LogP) is 3.78. The third kappa shape index (κ3) is 2.93. The molecule has 0 fully saturated rings. The van der Waals surface area contributed by atoms with Gasteiger partial charge in [0, 0.05) is 6.42 Å². The average Bonchev–Trinajstić information content (AvgIpc) is 2.50. The van der Waals surface area contributed by atoms with Crippen molar-refractivity contribution in [3.63, 3.8) is 0 Å². The second-order valence-corrected chi connectivity index (χ2v) is 5.53. The summed E-state index contributed by atoms with van der Waals surface area (Å²) < 4.78 is 24.6. The molecule has 3 nitrogen and oxygen atoms in total. The first-order chi connectivity index (χ1) is 10.1. The second-order valence-electron chi connectivity index (χ2n) is 4.68. The molecule has 0 radical (unpaired) electrons. The van der Waals surface area contributed by atoms with Crippen LogP contribution in [0, 0.1) is 5.82 Å². The maximum atomic E-state index is 13.2. The van der Waals surface area contributed by atoms with Crippen molar-refractivity contribution in [2.24, 2.45) is 0 Å². The van der Waals surface area contributed by atoms with Crippen LogP contribution in [-0.2, 0) is 6.42 Å². The number of ether oxygens (including phenoxy) is 2. The van der Waals surface area contributed by atoms with Gasteiger partial charge in [0.25, 0.3) is 0 Å². The van der Waals surface area contributed by atoms with Gasteiger partial charge in [-0.05, 0) is 45.8 Å². The van der Waals surface area contributed by atoms with Gasteiger partial charge in [-0.25, -0.2) is 4.39 Å². The van der Waals surface area contributed by atoms with E-state index in [9.17, 15) is 9.18 Å². The summed E-state index contributed by atoms with van der Waals surface area (Å²) in [6.07, 6.45) is 0.179. The van der Waals surface area contributed by atoms with Gasteiger partial charge < -0.3 is 9.47 Å². The van der Waals surface area contributed by atoms with E-state index in [1.165, 1.54) is 6.07 Å². The Labute approximate surface area is 129 Å². The highest BCUT2D eigenvalue weighted by atomic mass is 79.9. The topological polar surface area (TPSA) is 35.5 Å². The van der Waals surface area contributed by atoms with Crippen LogP contribution < -0.4 is 9.47 Å². The lowest BCUT2D eigenvalue weighted by Gasteiger charge is -2.20. The smallest absolute Gasteiger partial charge is 0.172 e. The van der Waals surface area contributed by atoms with Crippen molar-refractivity contribution in [3.8, 4) is 11.5 Å². The van der Waals surface area contributed by atoms with Gasteiger partial charge in [-0.2, -0.15) is 0 Å². The highest BCUT2D eigenvalue weighted by Crippen LogP contribution is 2.34. The molecule has 1 aliphatic heterocycles. The molecule has 0 aliphatic carbocycles. The van der Waals surface area contributed by atoms with E-state index in [1.807, 2.05) is 0 Å². The largest absolute Gasteiger partial charge is 0.486 e. The van der Waals surface area contributed by atoms with Crippen LogP contribution in [-0.4, -0.2) is 19.0 Å². The molecular formula is C16H12BrFO3. The molecule has 0 amide bonds. The summed E-state index contributed by atoms with van der Waals surface area (Å²) in [7, 11) is 0. The van der Waals surface area contributed by atoms with E-state index in [0.29, 0.717) is 34.7 Å². The molecule has 21 heavy (non-hydrogen) atoms. The molecule has 1 heterocycles. The molecular weight excluding hydrogens is 339 g/mol. The fourth-order valence-electron chi connectivity index (χ4n) is 2.22. The molecule has 0 atom stereocenters. The minimum atomic E-state index is -0.347. The number of carbonyl (C=O) groups is 1. The van der Waals surface area contributed by atoms with Crippen molar-refractivity contribution < 1.29 is 18.7 Å². The molecule has 0 saturated heterocycles. The van der Waals surface area contributed by atoms with E-state index in [4.69, 9.17) is 9.47 Å². The zero-order chi connectivity index (χ0) is 14.8. The lowest BCUT2D eigenvalue weighted by Crippen LogP contribution is -2.18. The van der Waals surface area contributed by atoms with Gasteiger partial charge in [0.05, 0.1) is 10.0 Å². The van der Waals surface area contributed by atoms with Gasteiger partial charge in [-0.1, -0.05) is 12.1 Å². The van der Waals surface area contributed by atoms with Crippen LogP contribution in [0.5, 0.6) is 11.5 Å². The Kier molecular flexibility index (Phi) is 3.92. The first-order valence-corrected chi connectivity index (χ1v) is 7.30. The lowest BCUT2D eigenvalue weighted by atomic mass is 10.0. The molecule has 0 bridgehead atoms. The van der Waals surface area contributed by atoms with Crippen LogP contribution in [0.1, 0.15) is 15.9 Å². The summed E-state index contributed by atoms with van der Waals surface area (Å²) in [4.78, 5) is 12.4. The first-order valence-electron chi connectivity index (χ1n) is 6.51. The number of Topliss-reactive ketones (excluding diaryl/α,β-unsaturated/α-hetero) is 1.